The maximum atomic E-state index is 11.9. The van der Waals surface area contributed by atoms with Gasteiger partial charge in [0, 0.05) is 20.1 Å². The lowest BCUT2D eigenvalue weighted by Gasteiger charge is -2.21. The zero-order chi connectivity index (χ0) is 19.6. The molecular weight excluding hydrogens is 471 g/mol. The average Bonchev–Trinajstić information content (AvgIpc) is 3.17. The monoisotopic (exact) mass is 504 g/mol. The van der Waals surface area contributed by atoms with Gasteiger partial charge in [-0.15, -0.1) is 24.0 Å². The second-order valence-electron chi connectivity index (χ2n) is 7.04. The molecule has 2 N–H and O–H groups in total. The molecule has 1 saturated carbocycles. The lowest BCUT2D eigenvalue weighted by atomic mass is 10.2. The highest BCUT2D eigenvalue weighted by molar-refractivity contribution is 14.0. The number of benzene rings is 1. The van der Waals surface area contributed by atoms with Crippen molar-refractivity contribution in [2.75, 3.05) is 34.3 Å². The lowest BCUT2D eigenvalue weighted by Crippen LogP contribution is -2.46. The minimum atomic E-state index is -0.0959. The summed E-state index contributed by atoms with van der Waals surface area (Å²) in [5.74, 6) is 2.05. The molecule has 1 unspecified atom stereocenters. The van der Waals surface area contributed by atoms with E-state index < -0.39 is 0 Å². The Kier molecular flexibility index (Phi) is 11.0. The van der Waals surface area contributed by atoms with Crippen LogP contribution in [0.1, 0.15) is 32.6 Å². The SMILES string of the molecule is COc1ccccc1OC(C)CNC(=NCC(=O)N(C)C)NC1CCCC1.I. The van der Waals surface area contributed by atoms with Gasteiger partial charge in [-0.3, -0.25) is 4.79 Å². The number of hydrogen-bond donors (Lipinski definition) is 2. The summed E-state index contributed by atoms with van der Waals surface area (Å²) >= 11 is 0. The molecule has 0 aliphatic heterocycles. The van der Waals surface area contributed by atoms with Crippen molar-refractivity contribution in [2.45, 2.75) is 44.8 Å². The van der Waals surface area contributed by atoms with E-state index in [1.165, 1.54) is 12.8 Å². The second-order valence-corrected chi connectivity index (χ2v) is 7.04. The lowest BCUT2D eigenvalue weighted by molar-refractivity contribution is -0.127. The Morgan fingerprint density at radius 1 is 1.25 bits per heavy atom. The molecule has 1 aliphatic rings. The smallest absolute Gasteiger partial charge is 0.243 e. The highest BCUT2D eigenvalue weighted by Gasteiger charge is 2.17. The van der Waals surface area contributed by atoms with Crippen LogP contribution < -0.4 is 20.1 Å². The Balaban J connectivity index is 0.00000392. The molecule has 1 atom stereocenters. The summed E-state index contributed by atoms with van der Waals surface area (Å²) in [5, 5.41) is 6.74. The molecule has 1 aromatic rings. The summed E-state index contributed by atoms with van der Waals surface area (Å²) in [4.78, 5) is 17.8. The Labute approximate surface area is 185 Å². The number of halogens is 1. The van der Waals surface area contributed by atoms with Crippen LogP contribution in [0.25, 0.3) is 0 Å². The van der Waals surface area contributed by atoms with Crippen LogP contribution in [0.5, 0.6) is 11.5 Å². The predicted octanol–water partition coefficient (Wildman–Crippen LogP) is 2.65. The third kappa shape index (κ3) is 8.12. The number of amides is 1. The molecular formula is C20H33IN4O3. The van der Waals surface area contributed by atoms with E-state index in [0.29, 0.717) is 30.0 Å². The molecule has 7 nitrogen and oxygen atoms in total. The number of likely N-dealkylation sites (N-methyl/N-ethyl adjacent to an activating group) is 1. The van der Waals surface area contributed by atoms with E-state index in [-0.39, 0.29) is 42.5 Å². The molecule has 28 heavy (non-hydrogen) atoms. The number of aliphatic imine (C=N–C) groups is 1. The summed E-state index contributed by atoms with van der Waals surface area (Å²) in [6.45, 7) is 2.67. The van der Waals surface area contributed by atoms with Gasteiger partial charge in [0.15, 0.2) is 17.5 Å². The summed E-state index contributed by atoms with van der Waals surface area (Å²) in [6, 6.07) is 8.00. The van der Waals surface area contributed by atoms with Crippen LogP contribution in [0.4, 0.5) is 0 Å². The summed E-state index contributed by atoms with van der Waals surface area (Å²) < 4.78 is 11.3. The Hall–Kier alpha value is -1.71. The van der Waals surface area contributed by atoms with Crippen molar-refractivity contribution >= 4 is 35.8 Å². The van der Waals surface area contributed by atoms with Gasteiger partial charge in [-0.05, 0) is 31.9 Å². The first kappa shape index (κ1) is 24.3. The molecule has 0 heterocycles. The van der Waals surface area contributed by atoms with Crippen molar-refractivity contribution in [1.82, 2.24) is 15.5 Å². The van der Waals surface area contributed by atoms with Crippen molar-refractivity contribution in [3.05, 3.63) is 24.3 Å². The largest absolute Gasteiger partial charge is 0.493 e. The molecule has 8 heteroatoms. The van der Waals surface area contributed by atoms with E-state index in [1.54, 1.807) is 26.1 Å². The first-order valence-corrected chi connectivity index (χ1v) is 9.54. The molecule has 0 saturated heterocycles. The van der Waals surface area contributed by atoms with Crippen LogP contribution in [0, 0.1) is 0 Å². The van der Waals surface area contributed by atoms with Crippen LogP contribution in [-0.4, -0.2) is 63.2 Å². The number of carbonyl (C=O) groups excluding carboxylic acids is 1. The molecule has 0 spiro atoms. The highest BCUT2D eigenvalue weighted by Crippen LogP contribution is 2.26. The van der Waals surface area contributed by atoms with Crippen LogP contribution in [0.3, 0.4) is 0 Å². The maximum Gasteiger partial charge on any atom is 0.243 e. The molecule has 0 aromatic heterocycles. The van der Waals surface area contributed by atoms with Crippen molar-refractivity contribution in [2.24, 2.45) is 4.99 Å². The van der Waals surface area contributed by atoms with E-state index >= 15 is 0 Å². The number of nitrogens with zero attached hydrogens (tertiary/aromatic N) is 2. The second kappa shape index (κ2) is 12.7. The van der Waals surface area contributed by atoms with Crippen LogP contribution in [-0.2, 0) is 4.79 Å². The predicted molar refractivity (Wildman–Crippen MR) is 123 cm³/mol. The number of para-hydroxylation sites is 2. The van der Waals surface area contributed by atoms with Gasteiger partial charge < -0.3 is 25.0 Å². The molecule has 1 fully saturated rings. The topological polar surface area (TPSA) is 75.2 Å². The minimum absolute atomic E-state index is 0. The van der Waals surface area contributed by atoms with Gasteiger partial charge in [0.05, 0.1) is 13.7 Å². The molecule has 0 bridgehead atoms. The fraction of sp³-hybridized carbons (Fsp3) is 0.600. The number of ether oxygens (including phenoxy) is 2. The van der Waals surface area contributed by atoms with E-state index in [1.807, 2.05) is 31.2 Å². The summed E-state index contributed by atoms with van der Waals surface area (Å²) in [6.07, 6.45) is 4.64. The van der Waals surface area contributed by atoms with Crippen LogP contribution >= 0.6 is 24.0 Å². The fourth-order valence-corrected chi connectivity index (χ4v) is 2.92. The maximum absolute atomic E-state index is 11.9. The first-order valence-electron chi connectivity index (χ1n) is 9.54. The number of methoxy groups -OCH3 is 1. The van der Waals surface area contributed by atoms with E-state index in [2.05, 4.69) is 15.6 Å². The quantitative estimate of drug-likeness (QED) is 0.324. The summed E-state index contributed by atoms with van der Waals surface area (Å²) in [5.41, 5.74) is 0. The van der Waals surface area contributed by atoms with Crippen molar-refractivity contribution < 1.29 is 14.3 Å². The third-order valence-electron chi connectivity index (χ3n) is 4.52. The number of carbonyl (C=O) groups is 1. The third-order valence-corrected chi connectivity index (χ3v) is 4.52. The zero-order valence-corrected chi connectivity index (χ0v) is 19.6. The number of rotatable bonds is 8. The average molecular weight is 504 g/mol. The van der Waals surface area contributed by atoms with Gasteiger partial charge in [-0.2, -0.15) is 0 Å². The van der Waals surface area contributed by atoms with Crippen LogP contribution in [0.15, 0.2) is 29.3 Å². The molecule has 0 radical (unpaired) electrons. The van der Waals surface area contributed by atoms with Crippen molar-refractivity contribution in [1.29, 1.82) is 0 Å². The standard InChI is InChI=1S/C20H32N4O3.HI/c1-15(27-18-12-8-7-11-17(18)26-4)13-21-20(22-14-19(25)24(2)3)23-16-9-5-6-10-16;/h7-8,11-12,15-16H,5-6,9-10,13-14H2,1-4H3,(H2,21,22,23);1H. The van der Waals surface area contributed by atoms with Crippen LogP contribution in [0.2, 0.25) is 0 Å². The van der Waals surface area contributed by atoms with Gasteiger partial charge in [0.25, 0.3) is 0 Å². The van der Waals surface area contributed by atoms with Gasteiger partial charge in [-0.25, -0.2) is 4.99 Å². The van der Waals surface area contributed by atoms with E-state index in [9.17, 15) is 4.79 Å². The van der Waals surface area contributed by atoms with Crippen molar-refractivity contribution in [3.8, 4) is 11.5 Å². The minimum Gasteiger partial charge on any atom is -0.493 e. The fourth-order valence-electron chi connectivity index (χ4n) is 2.92. The van der Waals surface area contributed by atoms with Crippen molar-refractivity contribution in [3.63, 3.8) is 0 Å². The summed E-state index contributed by atoms with van der Waals surface area (Å²) in [7, 11) is 5.10. The molecule has 1 aromatic carbocycles. The normalized spacial score (nSPS) is 15.4. The Morgan fingerprint density at radius 3 is 2.50 bits per heavy atom. The number of hydrogen-bond acceptors (Lipinski definition) is 4. The van der Waals surface area contributed by atoms with Gasteiger partial charge in [0.2, 0.25) is 5.91 Å². The number of guanidine groups is 1. The zero-order valence-electron chi connectivity index (χ0n) is 17.2. The Morgan fingerprint density at radius 2 is 1.89 bits per heavy atom. The molecule has 2 rings (SSSR count). The van der Waals surface area contributed by atoms with E-state index in [4.69, 9.17) is 9.47 Å². The van der Waals surface area contributed by atoms with E-state index in [0.717, 1.165) is 12.8 Å². The van der Waals surface area contributed by atoms with Gasteiger partial charge in [0.1, 0.15) is 12.6 Å². The molecule has 1 aliphatic carbocycles. The van der Waals surface area contributed by atoms with Gasteiger partial charge in [-0.1, -0.05) is 25.0 Å². The number of nitrogens with one attached hydrogen (secondary N) is 2. The molecule has 158 valence electrons. The van der Waals surface area contributed by atoms with Gasteiger partial charge >= 0.3 is 0 Å². The molecule has 1 amide bonds. The first-order chi connectivity index (χ1) is 13.0. The highest BCUT2D eigenvalue weighted by atomic mass is 127. The Bertz CT molecular complexity index is 634.